The standard InChI is InChI=1S/C21H33NO4/c1-19-13-24-12-18(23)22(3)17(19)5-4-14-15(19)6-8-20(2)16(14)7-9-21(20)25-10-11-26-21/h14-17H,4-13H2,1-3H3/t14-,15+,16+,17?,19-,20+/m1/s1. The van der Waals surface area contributed by atoms with Gasteiger partial charge in [-0.1, -0.05) is 13.8 Å². The third-order valence-electron chi connectivity index (χ3n) is 9.12. The van der Waals surface area contributed by atoms with Gasteiger partial charge in [-0.25, -0.2) is 0 Å². The van der Waals surface area contributed by atoms with E-state index in [9.17, 15) is 4.79 Å². The molecule has 3 saturated carbocycles. The van der Waals surface area contributed by atoms with E-state index in [0.29, 0.717) is 23.8 Å². The second kappa shape index (κ2) is 5.68. The first kappa shape index (κ1) is 17.4. The van der Waals surface area contributed by atoms with Crippen LogP contribution >= 0.6 is 0 Å². The van der Waals surface area contributed by atoms with Crippen LogP contribution in [0.15, 0.2) is 0 Å². The summed E-state index contributed by atoms with van der Waals surface area (Å²) in [5.41, 5.74) is 0.208. The zero-order chi connectivity index (χ0) is 18.2. The fourth-order valence-corrected chi connectivity index (χ4v) is 7.79. The molecular weight excluding hydrogens is 330 g/mol. The molecule has 0 N–H and O–H groups in total. The van der Waals surface area contributed by atoms with Crippen molar-refractivity contribution < 1.29 is 19.0 Å². The Morgan fingerprint density at radius 1 is 1.00 bits per heavy atom. The Hall–Kier alpha value is -0.650. The summed E-state index contributed by atoms with van der Waals surface area (Å²) in [5, 5.41) is 0. The van der Waals surface area contributed by atoms with Crippen molar-refractivity contribution in [2.45, 2.75) is 64.2 Å². The minimum atomic E-state index is -0.326. The van der Waals surface area contributed by atoms with Gasteiger partial charge in [-0.3, -0.25) is 4.79 Å². The molecule has 1 spiro atoms. The van der Waals surface area contributed by atoms with Crippen molar-refractivity contribution in [1.29, 1.82) is 0 Å². The van der Waals surface area contributed by atoms with Gasteiger partial charge in [0.15, 0.2) is 5.79 Å². The number of carbonyl (C=O) groups excluding carboxylic acids is 1. The molecule has 5 rings (SSSR count). The van der Waals surface area contributed by atoms with E-state index >= 15 is 0 Å². The maximum absolute atomic E-state index is 12.3. The summed E-state index contributed by atoms with van der Waals surface area (Å²) < 4.78 is 18.4. The van der Waals surface area contributed by atoms with E-state index in [4.69, 9.17) is 14.2 Å². The van der Waals surface area contributed by atoms with Crippen molar-refractivity contribution in [3.8, 4) is 0 Å². The van der Waals surface area contributed by atoms with Crippen molar-refractivity contribution in [3.05, 3.63) is 0 Å². The maximum atomic E-state index is 12.3. The monoisotopic (exact) mass is 363 g/mol. The van der Waals surface area contributed by atoms with E-state index in [2.05, 4.69) is 13.8 Å². The van der Waals surface area contributed by atoms with Gasteiger partial charge in [-0.05, 0) is 49.9 Å². The van der Waals surface area contributed by atoms with Crippen molar-refractivity contribution >= 4 is 5.91 Å². The molecule has 0 aromatic rings. The molecule has 1 unspecified atom stereocenters. The van der Waals surface area contributed by atoms with Crippen LogP contribution < -0.4 is 0 Å². The van der Waals surface area contributed by atoms with Crippen LogP contribution in [0.25, 0.3) is 0 Å². The van der Waals surface area contributed by atoms with Crippen LogP contribution in [0.2, 0.25) is 0 Å². The van der Waals surface area contributed by atoms with Crippen LogP contribution in [0.4, 0.5) is 0 Å². The normalized spacial score (nSPS) is 50.3. The highest BCUT2D eigenvalue weighted by Gasteiger charge is 2.67. The molecule has 146 valence electrons. The molecule has 0 radical (unpaired) electrons. The molecule has 26 heavy (non-hydrogen) atoms. The molecule has 5 heteroatoms. The molecule has 2 saturated heterocycles. The Bertz CT molecular complexity index is 603. The van der Waals surface area contributed by atoms with Crippen LogP contribution in [0, 0.1) is 28.6 Å². The highest BCUT2D eigenvalue weighted by molar-refractivity contribution is 5.77. The third kappa shape index (κ3) is 2.05. The van der Waals surface area contributed by atoms with E-state index in [0.717, 1.165) is 32.7 Å². The lowest BCUT2D eigenvalue weighted by atomic mass is 9.48. The Morgan fingerprint density at radius 3 is 2.50 bits per heavy atom. The van der Waals surface area contributed by atoms with Gasteiger partial charge in [0.2, 0.25) is 5.91 Å². The quantitative estimate of drug-likeness (QED) is 0.664. The summed E-state index contributed by atoms with van der Waals surface area (Å²) in [5.74, 6) is 1.82. The Balaban J connectivity index is 1.47. The predicted molar refractivity (Wildman–Crippen MR) is 96.4 cm³/mol. The molecule has 5 nitrogen and oxygen atoms in total. The molecule has 6 atom stereocenters. The number of amides is 1. The highest BCUT2D eigenvalue weighted by Crippen LogP contribution is 2.67. The lowest BCUT2D eigenvalue weighted by Crippen LogP contribution is -2.60. The topological polar surface area (TPSA) is 48.0 Å². The van der Waals surface area contributed by atoms with Gasteiger partial charge in [0.25, 0.3) is 0 Å². The summed E-state index contributed by atoms with van der Waals surface area (Å²) in [7, 11) is 1.98. The first-order chi connectivity index (χ1) is 12.4. The highest BCUT2D eigenvalue weighted by atomic mass is 16.7. The molecule has 0 bridgehead atoms. The number of hydrogen-bond donors (Lipinski definition) is 0. The van der Waals surface area contributed by atoms with E-state index < -0.39 is 0 Å². The van der Waals surface area contributed by atoms with Gasteiger partial charge < -0.3 is 19.1 Å². The molecule has 0 aromatic heterocycles. The van der Waals surface area contributed by atoms with Crippen LogP contribution in [0.3, 0.4) is 0 Å². The summed E-state index contributed by atoms with van der Waals surface area (Å²) in [6.45, 7) is 7.27. The summed E-state index contributed by atoms with van der Waals surface area (Å²) in [6, 6.07) is 0.317. The minimum Gasteiger partial charge on any atom is -0.371 e. The molecule has 5 fully saturated rings. The van der Waals surface area contributed by atoms with Crippen molar-refractivity contribution in [2.75, 3.05) is 33.5 Å². The number of fused-ring (bicyclic) bond motifs is 6. The van der Waals surface area contributed by atoms with Gasteiger partial charge in [0.1, 0.15) is 6.61 Å². The summed E-state index contributed by atoms with van der Waals surface area (Å²) in [4.78, 5) is 14.3. The van der Waals surface area contributed by atoms with E-state index in [-0.39, 0.29) is 29.1 Å². The lowest BCUT2D eigenvalue weighted by molar-refractivity contribution is -0.246. The fourth-order valence-electron chi connectivity index (χ4n) is 7.79. The summed E-state index contributed by atoms with van der Waals surface area (Å²) >= 11 is 0. The maximum Gasteiger partial charge on any atom is 0.248 e. The minimum absolute atomic E-state index is 0.0678. The average molecular weight is 363 g/mol. The van der Waals surface area contributed by atoms with Crippen LogP contribution in [0.1, 0.15) is 52.4 Å². The number of ether oxygens (including phenoxy) is 3. The summed E-state index contributed by atoms with van der Waals surface area (Å²) in [6.07, 6.45) is 6.95. The molecule has 3 aliphatic carbocycles. The van der Waals surface area contributed by atoms with Crippen molar-refractivity contribution in [2.24, 2.45) is 28.6 Å². The molecule has 2 aliphatic heterocycles. The van der Waals surface area contributed by atoms with Gasteiger partial charge in [-0.15, -0.1) is 0 Å². The third-order valence-corrected chi connectivity index (χ3v) is 9.12. The van der Waals surface area contributed by atoms with Gasteiger partial charge >= 0.3 is 0 Å². The number of nitrogens with zero attached hydrogens (tertiary/aromatic N) is 1. The second-order valence-electron chi connectivity index (χ2n) is 9.92. The fraction of sp³-hybridized carbons (Fsp3) is 0.952. The van der Waals surface area contributed by atoms with E-state index in [1.54, 1.807) is 0 Å². The second-order valence-corrected chi connectivity index (χ2v) is 9.92. The first-order valence-electron chi connectivity index (χ1n) is 10.5. The van der Waals surface area contributed by atoms with Gasteiger partial charge in [0.05, 0.1) is 19.8 Å². The smallest absolute Gasteiger partial charge is 0.248 e. The molecule has 1 amide bonds. The molecule has 5 aliphatic rings. The number of rotatable bonds is 0. The molecule has 0 aromatic carbocycles. The van der Waals surface area contributed by atoms with Gasteiger partial charge in [-0.2, -0.15) is 0 Å². The zero-order valence-electron chi connectivity index (χ0n) is 16.5. The van der Waals surface area contributed by atoms with Gasteiger partial charge in [0, 0.05) is 30.3 Å². The predicted octanol–water partition coefficient (Wildman–Crippen LogP) is 2.83. The average Bonchev–Trinajstić information content (AvgIpc) is 3.18. The van der Waals surface area contributed by atoms with Crippen molar-refractivity contribution in [1.82, 2.24) is 4.90 Å². The van der Waals surface area contributed by atoms with Crippen LogP contribution in [-0.4, -0.2) is 56.1 Å². The zero-order valence-corrected chi connectivity index (χ0v) is 16.5. The van der Waals surface area contributed by atoms with Crippen molar-refractivity contribution in [3.63, 3.8) is 0 Å². The van der Waals surface area contributed by atoms with E-state index in [1.165, 1.54) is 25.7 Å². The van der Waals surface area contributed by atoms with E-state index in [1.807, 2.05) is 11.9 Å². The SMILES string of the molecule is CN1C(=O)COC[C@@]2(C)C1CC[C@@H]1[C@@H]2CC[C@@]2(C)[C@H]1CCC21OCCO1. The molecule has 2 heterocycles. The number of hydrogen-bond acceptors (Lipinski definition) is 4. The molecular formula is C21H33NO4. The largest absolute Gasteiger partial charge is 0.371 e. The first-order valence-corrected chi connectivity index (χ1v) is 10.5. The Labute approximate surface area is 156 Å². The number of likely N-dealkylation sites (N-methyl/N-ethyl adjacent to an activating group) is 1. The Morgan fingerprint density at radius 2 is 1.73 bits per heavy atom. The lowest BCUT2D eigenvalue weighted by Gasteiger charge is -2.59. The van der Waals surface area contributed by atoms with Crippen LogP contribution in [-0.2, 0) is 19.0 Å². The number of carbonyl (C=O) groups is 1. The Kier molecular flexibility index (Phi) is 3.81. The van der Waals surface area contributed by atoms with Crippen LogP contribution in [0.5, 0.6) is 0 Å².